The Morgan fingerprint density at radius 2 is 2.27 bits per heavy atom. The summed E-state index contributed by atoms with van der Waals surface area (Å²) in [5.74, 6) is 0. The molecule has 1 N–H and O–H groups in total. The molecule has 15 heavy (non-hydrogen) atoms. The first kappa shape index (κ1) is 12.4. The lowest BCUT2D eigenvalue weighted by atomic mass is 10.3. The zero-order chi connectivity index (χ0) is 11.3. The summed E-state index contributed by atoms with van der Waals surface area (Å²) in [5.41, 5.74) is 4.89. The second kappa shape index (κ2) is 5.43. The molecule has 0 bridgehead atoms. The molecule has 0 aliphatic carbocycles. The molecule has 0 unspecified atom stereocenters. The number of aromatic nitrogens is 1. The molecule has 0 amide bonds. The predicted molar refractivity (Wildman–Crippen MR) is 50.6 cm³/mol. The van der Waals surface area contributed by atoms with Crippen LogP contribution >= 0.6 is 11.3 Å². The molecule has 0 saturated heterocycles. The maximum Gasteiger partial charge on any atom is 0.413 e. The molecule has 86 valence electrons. The highest BCUT2D eigenvalue weighted by Gasteiger charge is 2.27. The van der Waals surface area contributed by atoms with Crippen LogP contribution in [0.3, 0.4) is 0 Å². The fraction of sp³-hybridized carbons (Fsp3) is 0.625. The zero-order valence-corrected chi connectivity index (χ0v) is 8.91. The van der Waals surface area contributed by atoms with Crippen molar-refractivity contribution in [3.05, 3.63) is 16.1 Å². The molecule has 7 heteroatoms. The molecule has 3 nitrogen and oxygen atoms in total. The van der Waals surface area contributed by atoms with Crippen molar-refractivity contribution in [2.45, 2.75) is 19.5 Å². The summed E-state index contributed by atoms with van der Waals surface area (Å²) in [6.07, 6.45) is -3.66. The van der Waals surface area contributed by atoms with Gasteiger partial charge in [0.1, 0.15) is 0 Å². The molecular weight excluding hydrogens is 229 g/mol. The fourth-order valence-electron chi connectivity index (χ4n) is 0.936. The molecule has 0 saturated carbocycles. The van der Waals surface area contributed by atoms with Crippen LogP contribution in [0.15, 0.2) is 5.51 Å². The standard InChI is InChI=1S/C8H11F3N2OS/c1-6-7(15-5-12-6)2-3-13-14-4-8(9,10)11/h5,13H,2-4H2,1H3. The maximum absolute atomic E-state index is 11.6. The molecule has 0 fully saturated rings. The van der Waals surface area contributed by atoms with Crippen molar-refractivity contribution in [1.29, 1.82) is 0 Å². The molecule has 0 aromatic carbocycles. The number of hydrogen-bond acceptors (Lipinski definition) is 4. The van der Waals surface area contributed by atoms with Gasteiger partial charge in [-0.1, -0.05) is 0 Å². The van der Waals surface area contributed by atoms with Gasteiger partial charge in [0, 0.05) is 11.4 Å². The van der Waals surface area contributed by atoms with Crippen molar-refractivity contribution >= 4 is 11.3 Å². The zero-order valence-electron chi connectivity index (χ0n) is 8.10. The highest BCUT2D eigenvalue weighted by Crippen LogP contribution is 2.14. The Hall–Kier alpha value is -0.660. The summed E-state index contributed by atoms with van der Waals surface area (Å²) in [6.45, 7) is 0.941. The van der Waals surface area contributed by atoms with Crippen LogP contribution in [0.5, 0.6) is 0 Å². The van der Waals surface area contributed by atoms with E-state index in [-0.39, 0.29) is 0 Å². The quantitative estimate of drug-likeness (QED) is 0.632. The normalized spacial score (nSPS) is 12.0. The summed E-state index contributed by atoms with van der Waals surface area (Å²) in [6, 6.07) is 0. The average Bonchev–Trinajstić information content (AvgIpc) is 2.49. The molecular formula is C8H11F3N2OS. The number of rotatable bonds is 5. The van der Waals surface area contributed by atoms with Crippen LogP contribution in [0.1, 0.15) is 10.6 Å². The first-order valence-electron chi connectivity index (χ1n) is 4.29. The van der Waals surface area contributed by atoms with Crippen LogP contribution in [0.25, 0.3) is 0 Å². The average molecular weight is 240 g/mol. The molecule has 1 aromatic heterocycles. The van der Waals surface area contributed by atoms with Gasteiger partial charge in [0.25, 0.3) is 0 Å². The van der Waals surface area contributed by atoms with Crippen molar-refractivity contribution in [3.63, 3.8) is 0 Å². The van der Waals surface area contributed by atoms with Crippen LogP contribution in [0.4, 0.5) is 13.2 Å². The molecule has 1 rings (SSSR count). The van der Waals surface area contributed by atoms with E-state index in [1.54, 1.807) is 5.51 Å². The number of nitrogens with zero attached hydrogens (tertiary/aromatic N) is 1. The third kappa shape index (κ3) is 5.10. The number of thiazole rings is 1. The van der Waals surface area contributed by atoms with Gasteiger partial charge in [-0.25, -0.2) is 10.5 Å². The summed E-state index contributed by atoms with van der Waals surface area (Å²) in [7, 11) is 0. The molecule has 1 heterocycles. The maximum atomic E-state index is 11.6. The number of alkyl halides is 3. The topological polar surface area (TPSA) is 34.2 Å². The second-order valence-corrected chi connectivity index (χ2v) is 3.85. The van der Waals surface area contributed by atoms with Gasteiger partial charge in [0.05, 0.1) is 11.2 Å². The third-order valence-electron chi connectivity index (χ3n) is 1.64. The Bertz CT molecular complexity index is 300. The molecule has 0 atom stereocenters. The highest BCUT2D eigenvalue weighted by molar-refractivity contribution is 7.09. The van der Waals surface area contributed by atoms with Gasteiger partial charge in [-0.3, -0.25) is 4.84 Å². The van der Waals surface area contributed by atoms with Gasteiger partial charge in [0.2, 0.25) is 0 Å². The summed E-state index contributed by atoms with van der Waals surface area (Å²) >= 11 is 1.48. The first-order chi connectivity index (χ1) is 6.99. The lowest BCUT2D eigenvalue weighted by molar-refractivity contribution is -0.189. The van der Waals surface area contributed by atoms with Crippen LogP contribution in [0, 0.1) is 6.92 Å². The van der Waals surface area contributed by atoms with Crippen LogP contribution in [-0.4, -0.2) is 24.3 Å². The Morgan fingerprint density at radius 1 is 1.53 bits per heavy atom. The van der Waals surface area contributed by atoms with Crippen molar-refractivity contribution in [1.82, 2.24) is 10.5 Å². The first-order valence-corrected chi connectivity index (χ1v) is 5.17. The van der Waals surface area contributed by atoms with Gasteiger partial charge in [-0.05, 0) is 13.3 Å². The van der Waals surface area contributed by atoms with E-state index >= 15 is 0 Å². The molecule has 0 spiro atoms. The van der Waals surface area contributed by atoms with Crippen molar-refractivity contribution in [2.75, 3.05) is 13.2 Å². The summed E-state index contributed by atoms with van der Waals surface area (Å²) in [5, 5.41) is 0. The predicted octanol–water partition coefficient (Wildman–Crippen LogP) is 2.08. The van der Waals surface area contributed by atoms with E-state index in [1.807, 2.05) is 6.92 Å². The minimum atomic E-state index is -4.28. The van der Waals surface area contributed by atoms with Crippen molar-refractivity contribution < 1.29 is 18.0 Å². The lowest BCUT2D eigenvalue weighted by Gasteiger charge is -2.07. The minimum absolute atomic E-state index is 0.346. The van der Waals surface area contributed by atoms with Gasteiger partial charge in [-0.2, -0.15) is 13.2 Å². The smallest absolute Gasteiger partial charge is 0.292 e. The van der Waals surface area contributed by atoms with E-state index in [1.165, 1.54) is 11.3 Å². The van der Waals surface area contributed by atoms with E-state index in [9.17, 15) is 13.2 Å². The van der Waals surface area contributed by atoms with Gasteiger partial charge in [-0.15, -0.1) is 11.3 Å². The van der Waals surface area contributed by atoms with Crippen LogP contribution in [0.2, 0.25) is 0 Å². The number of nitrogens with one attached hydrogen (secondary N) is 1. The summed E-state index contributed by atoms with van der Waals surface area (Å²) in [4.78, 5) is 9.32. The molecule has 0 aliphatic rings. The van der Waals surface area contributed by atoms with Gasteiger partial charge in [0.15, 0.2) is 6.61 Å². The van der Waals surface area contributed by atoms with Crippen LogP contribution < -0.4 is 5.48 Å². The van der Waals surface area contributed by atoms with Gasteiger partial charge >= 0.3 is 6.18 Å². The van der Waals surface area contributed by atoms with Crippen molar-refractivity contribution in [2.24, 2.45) is 0 Å². The van der Waals surface area contributed by atoms with Crippen molar-refractivity contribution in [3.8, 4) is 0 Å². The minimum Gasteiger partial charge on any atom is -0.292 e. The fourth-order valence-corrected chi connectivity index (χ4v) is 1.72. The largest absolute Gasteiger partial charge is 0.413 e. The molecule has 0 radical (unpaired) electrons. The van der Waals surface area contributed by atoms with E-state index in [0.717, 1.165) is 10.6 Å². The monoisotopic (exact) mass is 240 g/mol. The number of hydrogen-bond donors (Lipinski definition) is 1. The highest BCUT2D eigenvalue weighted by atomic mass is 32.1. The Kier molecular flexibility index (Phi) is 4.49. The number of aryl methyl sites for hydroxylation is 1. The van der Waals surface area contributed by atoms with E-state index in [4.69, 9.17) is 0 Å². The van der Waals surface area contributed by atoms with Gasteiger partial charge < -0.3 is 0 Å². The van der Waals surface area contributed by atoms with E-state index < -0.39 is 12.8 Å². The molecule has 1 aromatic rings. The Labute approximate surface area is 89.2 Å². The summed E-state index contributed by atoms with van der Waals surface area (Å²) < 4.78 is 34.9. The third-order valence-corrected chi connectivity index (χ3v) is 2.63. The van der Waals surface area contributed by atoms with E-state index in [2.05, 4.69) is 15.3 Å². The Balaban J connectivity index is 2.10. The second-order valence-electron chi connectivity index (χ2n) is 2.91. The molecule has 0 aliphatic heterocycles. The van der Waals surface area contributed by atoms with E-state index in [0.29, 0.717) is 13.0 Å². The SMILES string of the molecule is Cc1ncsc1CCNOCC(F)(F)F. The number of halogens is 3. The lowest BCUT2D eigenvalue weighted by Crippen LogP contribution is -2.26. The Morgan fingerprint density at radius 3 is 2.80 bits per heavy atom. The van der Waals surface area contributed by atoms with Crippen LogP contribution in [-0.2, 0) is 11.3 Å². The number of hydroxylamine groups is 1.